The highest BCUT2D eigenvalue weighted by Crippen LogP contribution is 2.20. The number of hydrogen-bond acceptors (Lipinski definition) is 2. The second kappa shape index (κ2) is 8.71. The van der Waals surface area contributed by atoms with Crippen molar-refractivity contribution in [3.63, 3.8) is 0 Å². The molecule has 3 aromatic rings. The second-order valence-corrected chi connectivity index (χ2v) is 6.95. The van der Waals surface area contributed by atoms with Gasteiger partial charge in [0, 0.05) is 22.8 Å². The maximum atomic E-state index is 12.6. The Morgan fingerprint density at radius 3 is 2.46 bits per heavy atom. The molecule has 0 atom stereocenters. The molecule has 1 amide bonds. The summed E-state index contributed by atoms with van der Waals surface area (Å²) >= 11 is 5.28. The highest BCUT2D eigenvalue weighted by molar-refractivity contribution is 7.80. The highest BCUT2D eigenvalue weighted by Gasteiger charge is 2.16. The number of nitrogens with zero attached hydrogens (tertiary/aromatic N) is 1. The van der Waals surface area contributed by atoms with Gasteiger partial charge in [0.25, 0.3) is 5.91 Å². The number of aryl methyl sites for hydroxylation is 2. The van der Waals surface area contributed by atoms with Crippen LogP contribution in [-0.2, 0) is 6.42 Å². The van der Waals surface area contributed by atoms with Gasteiger partial charge in [0.15, 0.2) is 5.11 Å². The van der Waals surface area contributed by atoms with E-state index in [1.54, 1.807) is 0 Å². The summed E-state index contributed by atoms with van der Waals surface area (Å²) in [4.78, 5) is 12.6. The van der Waals surface area contributed by atoms with Crippen LogP contribution in [-0.4, -0.2) is 15.6 Å². The first-order chi connectivity index (χ1) is 13.5. The molecule has 2 aromatic carbocycles. The quantitative estimate of drug-likeness (QED) is 0.458. The summed E-state index contributed by atoms with van der Waals surface area (Å²) in [5.74, 6) is -0.234. The Labute approximate surface area is 170 Å². The molecule has 0 saturated heterocycles. The van der Waals surface area contributed by atoms with Crippen molar-refractivity contribution in [3.05, 3.63) is 83.2 Å². The average Bonchev–Trinajstić information content (AvgIpc) is 3.01. The monoisotopic (exact) mass is 392 g/mol. The Balaban J connectivity index is 1.66. The van der Waals surface area contributed by atoms with Crippen LogP contribution < -0.4 is 16.2 Å². The maximum Gasteiger partial charge on any atom is 0.271 e. The number of hydrazine groups is 1. The third kappa shape index (κ3) is 4.40. The number of rotatable bonds is 4. The van der Waals surface area contributed by atoms with E-state index in [0.29, 0.717) is 10.7 Å². The van der Waals surface area contributed by atoms with Crippen molar-refractivity contribution in [1.29, 1.82) is 0 Å². The first-order valence-corrected chi connectivity index (χ1v) is 9.61. The molecule has 0 aliphatic heterocycles. The van der Waals surface area contributed by atoms with Crippen molar-refractivity contribution in [3.8, 4) is 5.69 Å². The lowest BCUT2D eigenvalue weighted by Crippen LogP contribution is -2.43. The van der Waals surface area contributed by atoms with Crippen LogP contribution in [0.15, 0.2) is 60.7 Å². The standard InChI is InChI=1S/C22H24N4OS/c1-4-17-9-8-10-18(14-17)23-22(28)25-24-21(27)20-13-15(2)26(16(20)3)19-11-6-5-7-12-19/h5-14H,4H2,1-3H3,(H,24,27)(H2,23,25,28). The second-order valence-electron chi connectivity index (χ2n) is 6.54. The lowest BCUT2D eigenvalue weighted by molar-refractivity contribution is 0.0943. The van der Waals surface area contributed by atoms with Gasteiger partial charge < -0.3 is 9.88 Å². The van der Waals surface area contributed by atoms with Gasteiger partial charge in [0.05, 0.1) is 5.56 Å². The van der Waals surface area contributed by atoms with Crippen molar-refractivity contribution in [1.82, 2.24) is 15.4 Å². The summed E-state index contributed by atoms with van der Waals surface area (Å²) in [7, 11) is 0. The van der Waals surface area contributed by atoms with Crippen molar-refractivity contribution in [2.45, 2.75) is 27.2 Å². The van der Waals surface area contributed by atoms with Crippen LogP contribution >= 0.6 is 12.2 Å². The molecular formula is C22H24N4OS. The fraction of sp³-hybridized carbons (Fsp3) is 0.182. The molecule has 0 saturated carbocycles. The molecule has 3 N–H and O–H groups in total. The lowest BCUT2D eigenvalue weighted by Gasteiger charge is -2.13. The number of hydrogen-bond donors (Lipinski definition) is 3. The van der Waals surface area contributed by atoms with Crippen LogP contribution in [0.3, 0.4) is 0 Å². The fourth-order valence-electron chi connectivity index (χ4n) is 3.18. The smallest absolute Gasteiger partial charge is 0.271 e. The van der Waals surface area contributed by atoms with E-state index < -0.39 is 0 Å². The molecule has 0 radical (unpaired) electrons. The Kier molecular flexibility index (Phi) is 6.11. The molecule has 5 nitrogen and oxygen atoms in total. The summed E-state index contributed by atoms with van der Waals surface area (Å²) < 4.78 is 2.06. The van der Waals surface area contributed by atoms with Gasteiger partial charge in [0.1, 0.15) is 0 Å². The number of nitrogens with one attached hydrogen (secondary N) is 3. The van der Waals surface area contributed by atoms with Gasteiger partial charge >= 0.3 is 0 Å². The number of aromatic nitrogens is 1. The van der Waals surface area contributed by atoms with Crippen LogP contribution in [0.4, 0.5) is 5.69 Å². The Bertz CT molecular complexity index is 995. The van der Waals surface area contributed by atoms with Crippen LogP contribution in [0, 0.1) is 13.8 Å². The van der Waals surface area contributed by atoms with E-state index in [4.69, 9.17) is 12.2 Å². The zero-order valence-corrected chi connectivity index (χ0v) is 17.1. The van der Waals surface area contributed by atoms with Gasteiger partial charge in [-0.3, -0.25) is 15.6 Å². The molecule has 1 heterocycles. The minimum absolute atomic E-state index is 0.234. The Hall–Kier alpha value is -3.12. The summed E-state index contributed by atoms with van der Waals surface area (Å²) in [5, 5.41) is 3.41. The average molecular weight is 393 g/mol. The molecule has 0 aliphatic rings. The van der Waals surface area contributed by atoms with Crippen LogP contribution in [0.5, 0.6) is 0 Å². The van der Waals surface area contributed by atoms with E-state index >= 15 is 0 Å². The number of para-hydroxylation sites is 1. The molecule has 0 fully saturated rings. The Morgan fingerprint density at radius 1 is 1.00 bits per heavy atom. The fourth-order valence-corrected chi connectivity index (χ4v) is 3.35. The normalized spacial score (nSPS) is 10.4. The molecule has 0 spiro atoms. The van der Waals surface area contributed by atoms with Gasteiger partial charge in [-0.05, 0) is 68.4 Å². The summed E-state index contributed by atoms with van der Waals surface area (Å²) in [5.41, 5.74) is 11.0. The minimum Gasteiger partial charge on any atom is -0.331 e. The first kappa shape index (κ1) is 19.6. The number of amides is 1. The number of carbonyl (C=O) groups is 1. The SMILES string of the molecule is CCc1cccc(NC(=S)NNC(=O)c2cc(C)n(-c3ccccc3)c2C)c1. The zero-order valence-electron chi connectivity index (χ0n) is 16.2. The number of thiocarbonyl (C=S) groups is 1. The van der Waals surface area contributed by atoms with Crippen LogP contribution in [0.25, 0.3) is 5.69 Å². The maximum absolute atomic E-state index is 12.6. The molecule has 1 aromatic heterocycles. The van der Waals surface area contributed by atoms with Gasteiger partial charge in [-0.2, -0.15) is 0 Å². The molecule has 0 bridgehead atoms. The predicted octanol–water partition coefficient (Wildman–Crippen LogP) is 4.29. The lowest BCUT2D eigenvalue weighted by atomic mass is 10.1. The van der Waals surface area contributed by atoms with Crippen LogP contribution in [0.2, 0.25) is 0 Å². The largest absolute Gasteiger partial charge is 0.331 e. The van der Waals surface area contributed by atoms with Crippen molar-refractivity contribution < 1.29 is 4.79 Å². The van der Waals surface area contributed by atoms with Crippen LogP contribution in [0.1, 0.15) is 34.2 Å². The zero-order chi connectivity index (χ0) is 20.1. The third-order valence-corrected chi connectivity index (χ3v) is 4.78. The van der Waals surface area contributed by atoms with Crippen molar-refractivity contribution >= 4 is 28.9 Å². The highest BCUT2D eigenvalue weighted by atomic mass is 32.1. The van der Waals surface area contributed by atoms with Gasteiger partial charge in [-0.1, -0.05) is 37.3 Å². The van der Waals surface area contributed by atoms with Gasteiger partial charge in [-0.25, -0.2) is 0 Å². The molecule has 6 heteroatoms. The predicted molar refractivity (Wildman–Crippen MR) is 118 cm³/mol. The minimum atomic E-state index is -0.234. The van der Waals surface area contributed by atoms with Gasteiger partial charge in [-0.15, -0.1) is 0 Å². The first-order valence-electron chi connectivity index (χ1n) is 9.20. The number of carbonyl (C=O) groups excluding carboxylic acids is 1. The van der Waals surface area contributed by atoms with Crippen molar-refractivity contribution in [2.24, 2.45) is 0 Å². The third-order valence-electron chi connectivity index (χ3n) is 4.57. The number of anilines is 1. The molecular weight excluding hydrogens is 368 g/mol. The van der Waals surface area contributed by atoms with E-state index in [0.717, 1.165) is 29.2 Å². The summed E-state index contributed by atoms with van der Waals surface area (Å²) in [6.07, 6.45) is 0.948. The Morgan fingerprint density at radius 2 is 1.75 bits per heavy atom. The molecule has 0 unspecified atom stereocenters. The molecule has 28 heavy (non-hydrogen) atoms. The summed E-state index contributed by atoms with van der Waals surface area (Å²) in [6, 6.07) is 19.8. The van der Waals surface area contributed by atoms with Crippen molar-refractivity contribution in [2.75, 3.05) is 5.32 Å². The topological polar surface area (TPSA) is 58.1 Å². The van der Waals surface area contributed by atoms with E-state index in [9.17, 15) is 4.79 Å². The van der Waals surface area contributed by atoms with E-state index in [-0.39, 0.29) is 5.91 Å². The molecule has 3 rings (SSSR count). The molecule has 0 aliphatic carbocycles. The van der Waals surface area contributed by atoms with E-state index in [1.807, 2.05) is 68.4 Å². The van der Waals surface area contributed by atoms with E-state index in [2.05, 4.69) is 33.7 Å². The van der Waals surface area contributed by atoms with E-state index in [1.165, 1.54) is 5.56 Å². The summed E-state index contributed by atoms with van der Waals surface area (Å²) in [6.45, 7) is 6.01. The number of benzene rings is 2. The molecule has 144 valence electrons. The van der Waals surface area contributed by atoms with Gasteiger partial charge in [0.2, 0.25) is 0 Å².